The first-order valence-corrected chi connectivity index (χ1v) is 7.02. The maximum atomic E-state index is 11.0. The zero-order valence-corrected chi connectivity index (χ0v) is 12.1. The van der Waals surface area contributed by atoms with Crippen LogP contribution in [0.5, 0.6) is 0 Å². The number of ether oxygens (including phenoxy) is 1. The summed E-state index contributed by atoms with van der Waals surface area (Å²) in [5, 5.41) is 12.3. The molecule has 0 aliphatic carbocycles. The Hall–Kier alpha value is -1.59. The van der Waals surface area contributed by atoms with E-state index in [1.807, 2.05) is 13.0 Å². The second-order valence-electron chi connectivity index (χ2n) is 5.10. The first-order valence-electron chi connectivity index (χ1n) is 7.02. The van der Waals surface area contributed by atoms with Crippen LogP contribution < -0.4 is 5.32 Å². The number of rotatable bonds is 5. The van der Waals surface area contributed by atoms with Crippen molar-refractivity contribution in [1.29, 1.82) is 0 Å². The molecule has 0 saturated carbocycles. The topological polar surface area (TPSA) is 61.8 Å². The average Bonchev–Trinajstić information content (AvgIpc) is 2.45. The van der Waals surface area contributed by atoms with E-state index in [9.17, 15) is 4.79 Å². The number of nitrogens with one attached hydrogen (secondary N) is 1. The highest BCUT2D eigenvalue weighted by molar-refractivity contribution is 5.89. The minimum absolute atomic E-state index is 0.183. The molecule has 5 nitrogen and oxygen atoms in total. The van der Waals surface area contributed by atoms with Crippen LogP contribution in [0.25, 0.3) is 0 Å². The number of hydrogen-bond acceptors (Lipinski definition) is 4. The van der Waals surface area contributed by atoms with Crippen molar-refractivity contribution in [2.24, 2.45) is 0 Å². The van der Waals surface area contributed by atoms with Gasteiger partial charge in [-0.15, -0.1) is 0 Å². The molecule has 0 bridgehead atoms. The molecule has 1 aromatic rings. The summed E-state index contributed by atoms with van der Waals surface area (Å²) in [4.78, 5) is 13.3. The van der Waals surface area contributed by atoms with Crippen LogP contribution in [0.3, 0.4) is 0 Å². The smallest absolute Gasteiger partial charge is 0.335 e. The van der Waals surface area contributed by atoms with Crippen LogP contribution in [0.1, 0.15) is 22.8 Å². The third-order valence-corrected chi connectivity index (χ3v) is 3.66. The number of carboxylic acid groups (broad SMARTS) is 1. The number of benzene rings is 1. The van der Waals surface area contributed by atoms with E-state index >= 15 is 0 Å². The average molecular weight is 278 g/mol. The Morgan fingerprint density at radius 3 is 3.00 bits per heavy atom. The normalized spacial score (nSPS) is 19.8. The first kappa shape index (κ1) is 14.8. The molecule has 1 aliphatic rings. The summed E-state index contributed by atoms with van der Waals surface area (Å²) in [7, 11) is 0. The van der Waals surface area contributed by atoms with Crippen LogP contribution in [0.4, 0.5) is 5.69 Å². The van der Waals surface area contributed by atoms with Gasteiger partial charge in [-0.05, 0) is 37.2 Å². The second-order valence-corrected chi connectivity index (χ2v) is 5.10. The maximum absolute atomic E-state index is 11.0. The fourth-order valence-electron chi connectivity index (χ4n) is 2.44. The van der Waals surface area contributed by atoms with Crippen LogP contribution >= 0.6 is 0 Å². The summed E-state index contributed by atoms with van der Waals surface area (Å²) in [5.41, 5.74) is 2.05. The Labute approximate surface area is 119 Å². The molecule has 1 heterocycles. The number of nitrogens with zero attached hydrogens (tertiary/aromatic N) is 1. The molecule has 1 atom stereocenters. The molecule has 0 amide bonds. The fraction of sp³-hybridized carbons (Fsp3) is 0.533. The quantitative estimate of drug-likeness (QED) is 0.860. The van der Waals surface area contributed by atoms with Gasteiger partial charge in [-0.2, -0.15) is 0 Å². The maximum Gasteiger partial charge on any atom is 0.335 e. The van der Waals surface area contributed by atoms with Crippen molar-refractivity contribution in [3.63, 3.8) is 0 Å². The van der Waals surface area contributed by atoms with E-state index in [1.165, 1.54) is 0 Å². The van der Waals surface area contributed by atoms with Crippen molar-refractivity contribution < 1.29 is 14.6 Å². The summed E-state index contributed by atoms with van der Waals surface area (Å²) in [6.07, 6.45) is 0.183. The van der Waals surface area contributed by atoms with E-state index in [2.05, 4.69) is 17.1 Å². The van der Waals surface area contributed by atoms with Crippen LogP contribution in [-0.4, -0.2) is 54.9 Å². The third kappa shape index (κ3) is 3.71. The summed E-state index contributed by atoms with van der Waals surface area (Å²) in [6, 6.07) is 5.31. The van der Waals surface area contributed by atoms with Crippen molar-refractivity contribution in [3.8, 4) is 0 Å². The Bertz CT molecular complexity index is 476. The molecule has 1 aliphatic heterocycles. The molecule has 1 unspecified atom stereocenters. The minimum atomic E-state index is -0.886. The molecule has 20 heavy (non-hydrogen) atoms. The van der Waals surface area contributed by atoms with Gasteiger partial charge in [0.15, 0.2) is 0 Å². The standard InChI is InChI=1S/C15H22N2O3/c1-3-17-6-7-20-13(10-17)9-16-12-4-5-14(15(18)19)11(2)8-12/h4-5,8,13,16H,3,6-7,9-10H2,1-2H3,(H,18,19). The van der Waals surface area contributed by atoms with Crippen LogP contribution in [0.2, 0.25) is 0 Å². The molecule has 0 spiro atoms. The largest absolute Gasteiger partial charge is 0.478 e. The zero-order valence-electron chi connectivity index (χ0n) is 12.1. The van der Waals surface area contributed by atoms with Gasteiger partial charge in [0, 0.05) is 25.3 Å². The minimum Gasteiger partial charge on any atom is -0.478 e. The second kappa shape index (κ2) is 6.72. The Balaban J connectivity index is 1.91. The van der Waals surface area contributed by atoms with Gasteiger partial charge in [-0.3, -0.25) is 4.90 Å². The lowest BCUT2D eigenvalue weighted by molar-refractivity contribution is -0.0191. The Kier molecular flexibility index (Phi) is 4.98. The summed E-state index contributed by atoms with van der Waals surface area (Å²) >= 11 is 0. The van der Waals surface area contributed by atoms with Crippen molar-refractivity contribution in [1.82, 2.24) is 4.90 Å². The third-order valence-electron chi connectivity index (χ3n) is 3.66. The predicted molar refractivity (Wildman–Crippen MR) is 78.5 cm³/mol. The molecule has 1 saturated heterocycles. The molecular formula is C15H22N2O3. The van der Waals surface area contributed by atoms with Gasteiger partial charge in [0.1, 0.15) is 0 Å². The molecule has 1 aromatic carbocycles. The van der Waals surface area contributed by atoms with Crippen LogP contribution in [0.15, 0.2) is 18.2 Å². The van der Waals surface area contributed by atoms with Gasteiger partial charge in [-0.1, -0.05) is 6.92 Å². The lowest BCUT2D eigenvalue weighted by Crippen LogP contribution is -2.45. The number of likely N-dealkylation sites (N-methyl/N-ethyl adjacent to an activating group) is 1. The van der Waals surface area contributed by atoms with E-state index in [-0.39, 0.29) is 6.10 Å². The Morgan fingerprint density at radius 1 is 1.55 bits per heavy atom. The summed E-state index contributed by atoms with van der Waals surface area (Å²) < 4.78 is 5.73. The molecular weight excluding hydrogens is 256 g/mol. The van der Waals surface area contributed by atoms with Crippen LogP contribution in [-0.2, 0) is 4.74 Å². The molecule has 2 N–H and O–H groups in total. The number of morpholine rings is 1. The zero-order chi connectivity index (χ0) is 14.5. The van der Waals surface area contributed by atoms with Gasteiger partial charge >= 0.3 is 5.97 Å². The molecule has 5 heteroatoms. The predicted octanol–water partition coefficient (Wildman–Crippen LogP) is 1.83. The molecule has 1 fully saturated rings. The number of aryl methyl sites for hydroxylation is 1. The van der Waals surface area contributed by atoms with Gasteiger partial charge in [0.05, 0.1) is 18.3 Å². The highest BCUT2D eigenvalue weighted by Gasteiger charge is 2.18. The van der Waals surface area contributed by atoms with Gasteiger partial charge in [0.2, 0.25) is 0 Å². The summed E-state index contributed by atoms with van der Waals surface area (Å²) in [5.74, 6) is -0.886. The number of anilines is 1. The number of aromatic carboxylic acids is 1. The SMILES string of the molecule is CCN1CCOC(CNc2ccc(C(=O)O)c(C)c2)C1. The molecule has 0 radical (unpaired) electrons. The van der Waals surface area contributed by atoms with Gasteiger partial charge < -0.3 is 15.2 Å². The van der Waals surface area contributed by atoms with E-state index in [1.54, 1.807) is 12.1 Å². The van der Waals surface area contributed by atoms with E-state index in [0.717, 1.165) is 44.0 Å². The van der Waals surface area contributed by atoms with Gasteiger partial charge in [-0.25, -0.2) is 4.79 Å². The van der Waals surface area contributed by atoms with Crippen molar-refractivity contribution in [2.45, 2.75) is 20.0 Å². The van der Waals surface area contributed by atoms with E-state index < -0.39 is 5.97 Å². The highest BCUT2D eigenvalue weighted by atomic mass is 16.5. The summed E-state index contributed by atoms with van der Waals surface area (Å²) in [6.45, 7) is 8.47. The van der Waals surface area contributed by atoms with Crippen LogP contribution in [0, 0.1) is 6.92 Å². The van der Waals surface area contributed by atoms with E-state index in [4.69, 9.17) is 9.84 Å². The molecule has 0 aromatic heterocycles. The van der Waals surface area contributed by atoms with E-state index in [0.29, 0.717) is 5.56 Å². The Morgan fingerprint density at radius 2 is 2.35 bits per heavy atom. The monoisotopic (exact) mass is 278 g/mol. The van der Waals surface area contributed by atoms with Crippen molar-refractivity contribution >= 4 is 11.7 Å². The van der Waals surface area contributed by atoms with Crippen molar-refractivity contribution in [3.05, 3.63) is 29.3 Å². The number of hydrogen-bond donors (Lipinski definition) is 2. The lowest BCUT2D eigenvalue weighted by atomic mass is 10.1. The molecule has 110 valence electrons. The first-order chi connectivity index (χ1) is 9.60. The molecule has 2 rings (SSSR count). The van der Waals surface area contributed by atoms with Crippen molar-refractivity contribution in [2.75, 3.05) is 38.1 Å². The number of carboxylic acids is 1. The fourth-order valence-corrected chi connectivity index (χ4v) is 2.44. The number of carbonyl (C=O) groups is 1. The highest BCUT2D eigenvalue weighted by Crippen LogP contribution is 2.16. The lowest BCUT2D eigenvalue weighted by Gasteiger charge is -2.32. The van der Waals surface area contributed by atoms with Gasteiger partial charge in [0.25, 0.3) is 0 Å².